The minimum absolute atomic E-state index is 0.0764. The summed E-state index contributed by atoms with van der Waals surface area (Å²) in [6.45, 7) is 0.465. The fourth-order valence-corrected chi connectivity index (χ4v) is 2.36. The molecule has 1 saturated heterocycles. The first-order valence-electron chi connectivity index (χ1n) is 6.30. The van der Waals surface area contributed by atoms with Crippen LogP contribution in [-0.2, 0) is 9.53 Å². The lowest BCUT2D eigenvalue weighted by atomic mass is 10.1. The van der Waals surface area contributed by atoms with Crippen LogP contribution in [0.1, 0.15) is 23.2 Å². The molecule has 20 heavy (non-hydrogen) atoms. The first kappa shape index (κ1) is 14.3. The first-order valence-corrected chi connectivity index (χ1v) is 6.30. The Labute approximate surface area is 116 Å². The fourth-order valence-electron chi connectivity index (χ4n) is 2.36. The van der Waals surface area contributed by atoms with Gasteiger partial charge in [-0.3, -0.25) is 4.79 Å². The van der Waals surface area contributed by atoms with Crippen molar-refractivity contribution in [3.05, 3.63) is 29.6 Å². The number of carbonyl (C=O) groups is 2. The monoisotopic (exact) mass is 281 g/mol. The Kier molecular flexibility index (Phi) is 4.22. The molecule has 1 aliphatic heterocycles. The van der Waals surface area contributed by atoms with Crippen LogP contribution < -0.4 is 4.74 Å². The van der Waals surface area contributed by atoms with Crippen molar-refractivity contribution < 1.29 is 23.5 Å². The van der Waals surface area contributed by atoms with Crippen molar-refractivity contribution in [2.75, 3.05) is 20.8 Å². The van der Waals surface area contributed by atoms with Crippen molar-refractivity contribution >= 4 is 11.9 Å². The smallest absolute Gasteiger partial charge is 0.328 e. The Hall–Kier alpha value is -2.11. The van der Waals surface area contributed by atoms with Gasteiger partial charge in [-0.25, -0.2) is 9.18 Å². The highest BCUT2D eigenvalue weighted by Gasteiger charge is 2.35. The van der Waals surface area contributed by atoms with Gasteiger partial charge in [0, 0.05) is 12.1 Å². The summed E-state index contributed by atoms with van der Waals surface area (Å²) in [7, 11) is 2.64. The molecule has 0 aliphatic carbocycles. The van der Waals surface area contributed by atoms with Gasteiger partial charge >= 0.3 is 5.97 Å². The lowest BCUT2D eigenvalue weighted by Crippen LogP contribution is -2.41. The molecule has 2 rings (SSSR count). The van der Waals surface area contributed by atoms with Crippen molar-refractivity contribution in [3.8, 4) is 5.75 Å². The Morgan fingerprint density at radius 1 is 1.35 bits per heavy atom. The normalized spacial score (nSPS) is 17.9. The van der Waals surface area contributed by atoms with Crippen LogP contribution in [0.4, 0.5) is 4.39 Å². The molecule has 1 aromatic carbocycles. The third kappa shape index (κ3) is 2.59. The average Bonchev–Trinajstić information content (AvgIpc) is 2.94. The van der Waals surface area contributed by atoms with E-state index in [-0.39, 0.29) is 17.2 Å². The average molecular weight is 281 g/mol. The van der Waals surface area contributed by atoms with E-state index in [1.807, 2.05) is 0 Å². The molecular formula is C14H16FNO4. The highest BCUT2D eigenvalue weighted by molar-refractivity contribution is 5.97. The summed E-state index contributed by atoms with van der Waals surface area (Å²) < 4.78 is 23.1. The molecule has 1 fully saturated rings. The van der Waals surface area contributed by atoms with E-state index >= 15 is 0 Å². The fraction of sp³-hybridized carbons (Fsp3) is 0.429. The lowest BCUT2D eigenvalue weighted by Gasteiger charge is -2.22. The van der Waals surface area contributed by atoms with Gasteiger partial charge < -0.3 is 14.4 Å². The van der Waals surface area contributed by atoms with Crippen molar-refractivity contribution in [1.29, 1.82) is 0 Å². The van der Waals surface area contributed by atoms with Crippen molar-refractivity contribution in [3.63, 3.8) is 0 Å². The summed E-state index contributed by atoms with van der Waals surface area (Å²) in [5.74, 6) is -1.34. The summed E-state index contributed by atoms with van der Waals surface area (Å²) >= 11 is 0. The Morgan fingerprint density at radius 2 is 2.10 bits per heavy atom. The first-order chi connectivity index (χ1) is 9.58. The molecule has 6 heteroatoms. The zero-order valence-electron chi connectivity index (χ0n) is 11.4. The van der Waals surface area contributed by atoms with Gasteiger partial charge in [0.2, 0.25) is 0 Å². The molecule has 1 amide bonds. The second-order valence-electron chi connectivity index (χ2n) is 4.53. The van der Waals surface area contributed by atoms with Crippen LogP contribution in [0.15, 0.2) is 18.2 Å². The van der Waals surface area contributed by atoms with Gasteiger partial charge in [0.25, 0.3) is 5.91 Å². The van der Waals surface area contributed by atoms with Crippen LogP contribution in [0.5, 0.6) is 5.75 Å². The second-order valence-corrected chi connectivity index (χ2v) is 4.53. The van der Waals surface area contributed by atoms with E-state index in [2.05, 4.69) is 4.74 Å². The Morgan fingerprint density at radius 3 is 2.70 bits per heavy atom. The molecule has 108 valence electrons. The highest BCUT2D eigenvalue weighted by Crippen LogP contribution is 2.23. The number of rotatable bonds is 3. The molecule has 1 aromatic rings. The number of hydrogen-bond donors (Lipinski definition) is 0. The van der Waals surface area contributed by atoms with E-state index in [1.165, 1.54) is 31.3 Å². The maximum atomic E-state index is 13.6. The number of nitrogens with zero attached hydrogens (tertiary/aromatic N) is 1. The summed E-state index contributed by atoms with van der Waals surface area (Å²) in [5, 5.41) is 0. The predicted molar refractivity (Wildman–Crippen MR) is 69.0 cm³/mol. The second kappa shape index (κ2) is 5.90. The van der Waals surface area contributed by atoms with Crippen LogP contribution in [0.25, 0.3) is 0 Å². The molecule has 1 atom stereocenters. The number of amides is 1. The van der Waals surface area contributed by atoms with Gasteiger partial charge in [0.1, 0.15) is 6.04 Å². The van der Waals surface area contributed by atoms with Gasteiger partial charge in [-0.1, -0.05) is 0 Å². The van der Waals surface area contributed by atoms with Crippen LogP contribution in [0.2, 0.25) is 0 Å². The lowest BCUT2D eigenvalue weighted by molar-refractivity contribution is -0.145. The third-order valence-corrected chi connectivity index (χ3v) is 3.39. The molecule has 5 nitrogen and oxygen atoms in total. The molecule has 1 heterocycles. The van der Waals surface area contributed by atoms with E-state index < -0.39 is 17.8 Å². The number of methoxy groups -OCH3 is 2. The van der Waals surface area contributed by atoms with Crippen molar-refractivity contribution in [2.45, 2.75) is 18.9 Å². The topological polar surface area (TPSA) is 55.8 Å². The van der Waals surface area contributed by atoms with E-state index in [9.17, 15) is 14.0 Å². The highest BCUT2D eigenvalue weighted by atomic mass is 19.1. The van der Waals surface area contributed by atoms with Gasteiger partial charge in [0.15, 0.2) is 11.6 Å². The van der Waals surface area contributed by atoms with Crippen LogP contribution in [0, 0.1) is 5.82 Å². The van der Waals surface area contributed by atoms with Crippen molar-refractivity contribution in [2.24, 2.45) is 0 Å². The standard InChI is InChI=1S/C14H16FNO4/c1-19-12-6-5-9(8-10(12)15)13(17)16-7-3-4-11(16)14(18)20-2/h5-6,8,11H,3-4,7H2,1-2H3. The minimum Gasteiger partial charge on any atom is -0.494 e. The number of esters is 1. The van der Waals surface area contributed by atoms with E-state index in [0.717, 1.165) is 12.5 Å². The summed E-state index contributed by atoms with van der Waals surface area (Å²) in [4.78, 5) is 25.4. The number of carbonyl (C=O) groups excluding carboxylic acids is 2. The van der Waals surface area contributed by atoms with E-state index in [4.69, 9.17) is 4.74 Å². The van der Waals surface area contributed by atoms with Gasteiger partial charge in [0.05, 0.1) is 14.2 Å². The van der Waals surface area contributed by atoms with Gasteiger partial charge in [-0.05, 0) is 31.0 Å². The van der Waals surface area contributed by atoms with Gasteiger partial charge in [-0.15, -0.1) is 0 Å². The number of benzene rings is 1. The number of halogens is 1. The number of likely N-dealkylation sites (tertiary alicyclic amines) is 1. The summed E-state index contributed by atoms with van der Waals surface area (Å²) in [6, 6.07) is 3.41. The molecule has 1 aliphatic rings. The molecule has 0 saturated carbocycles. The van der Waals surface area contributed by atoms with Crippen LogP contribution >= 0.6 is 0 Å². The third-order valence-electron chi connectivity index (χ3n) is 3.39. The molecule has 0 bridgehead atoms. The quantitative estimate of drug-likeness (QED) is 0.790. The molecule has 0 aromatic heterocycles. The minimum atomic E-state index is -0.604. The maximum absolute atomic E-state index is 13.6. The van der Waals surface area contributed by atoms with E-state index in [0.29, 0.717) is 13.0 Å². The SMILES string of the molecule is COC(=O)C1CCCN1C(=O)c1ccc(OC)c(F)c1. The summed E-state index contributed by atoms with van der Waals surface area (Å²) in [6.07, 6.45) is 1.29. The van der Waals surface area contributed by atoms with E-state index in [1.54, 1.807) is 0 Å². The zero-order valence-corrected chi connectivity index (χ0v) is 11.4. The zero-order chi connectivity index (χ0) is 14.7. The summed E-state index contributed by atoms with van der Waals surface area (Å²) in [5.41, 5.74) is 0.194. The number of ether oxygens (including phenoxy) is 2. The Balaban J connectivity index is 2.22. The molecule has 0 radical (unpaired) electrons. The molecular weight excluding hydrogens is 265 g/mol. The van der Waals surface area contributed by atoms with Crippen LogP contribution in [0.3, 0.4) is 0 Å². The van der Waals surface area contributed by atoms with Crippen LogP contribution in [-0.4, -0.2) is 43.6 Å². The Bertz CT molecular complexity index is 532. The van der Waals surface area contributed by atoms with Gasteiger partial charge in [-0.2, -0.15) is 0 Å². The molecule has 0 N–H and O–H groups in total. The van der Waals surface area contributed by atoms with Crippen molar-refractivity contribution in [1.82, 2.24) is 4.90 Å². The maximum Gasteiger partial charge on any atom is 0.328 e. The number of hydrogen-bond acceptors (Lipinski definition) is 4. The molecule has 0 spiro atoms. The predicted octanol–water partition coefficient (Wildman–Crippen LogP) is 1.61. The largest absolute Gasteiger partial charge is 0.494 e. The molecule has 1 unspecified atom stereocenters.